The lowest BCUT2D eigenvalue weighted by atomic mass is 9.91. The largest absolute Gasteiger partial charge is 0.330 e. The first-order valence-corrected chi connectivity index (χ1v) is 7.97. The van der Waals surface area contributed by atoms with Crippen LogP contribution in [0.5, 0.6) is 0 Å². The van der Waals surface area contributed by atoms with Gasteiger partial charge in [0.05, 0.1) is 15.7 Å². The summed E-state index contributed by atoms with van der Waals surface area (Å²) >= 11 is 11.7. The molecule has 0 spiro atoms. The molecule has 0 aliphatic heterocycles. The van der Waals surface area contributed by atoms with Gasteiger partial charge in [-0.25, -0.2) is 8.42 Å². The summed E-state index contributed by atoms with van der Waals surface area (Å²) < 4.78 is 24.4. The van der Waals surface area contributed by atoms with Crippen LogP contribution in [-0.4, -0.2) is 20.7 Å². The van der Waals surface area contributed by atoms with Crippen molar-refractivity contribution in [2.75, 3.05) is 12.3 Å². The average molecular weight is 310 g/mol. The lowest BCUT2D eigenvalue weighted by molar-refractivity contribution is 0.365. The maximum atomic E-state index is 12.2. The van der Waals surface area contributed by atoms with Crippen LogP contribution < -0.4 is 5.73 Å². The van der Waals surface area contributed by atoms with Crippen LogP contribution in [0.1, 0.15) is 20.3 Å². The van der Waals surface area contributed by atoms with Gasteiger partial charge in [-0.15, -0.1) is 0 Å². The van der Waals surface area contributed by atoms with Crippen molar-refractivity contribution in [1.29, 1.82) is 0 Å². The highest BCUT2D eigenvalue weighted by Crippen LogP contribution is 2.28. The number of benzene rings is 1. The number of rotatable bonds is 5. The maximum Gasteiger partial charge on any atom is 0.179 e. The molecule has 0 saturated carbocycles. The Morgan fingerprint density at radius 1 is 1.28 bits per heavy atom. The Kier molecular flexibility index (Phi) is 5.06. The minimum atomic E-state index is -3.43. The zero-order chi connectivity index (χ0) is 14.0. The molecular weight excluding hydrogens is 293 g/mol. The molecule has 1 aromatic carbocycles. The fourth-order valence-electron chi connectivity index (χ4n) is 1.34. The van der Waals surface area contributed by atoms with E-state index in [1.807, 2.05) is 13.8 Å². The van der Waals surface area contributed by atoms with Crippen molar-refractivity contribution in [2.45, 2.75) is 25.2 Å². The summed E-state index contributed by atoms with van der Waals surface area (Å²) in [7, 11) is -3.43. The number of nitrogens with two attached hydrogens (primary N) is 1. The van der Waals surface area contributed by atoms with Gasteiger partial charge in [-0.05, 0) is 36.6 Å². The van der Waals surface area contributed by atoms with Gasteiger partial charge in [0.25, 0.3) is 0 Å². The molecule has 0 aliphatic rings. The van der Waals surface area contributed by atoms with Gasteiger partial charge in [-0.1, -0.05) is 37.0 Å². The highest BCUT2D eigenvalue weighted by Gasteiger charge is 2.23. The van der Waals surface area contributed by atoms with Crippen LogP contribution in [0.4, 0.5) is 0 Å². The van der Waals surface area contributed by atoms with Crippen molar-refractivity contribution in [2.24, 2.45) is 11.1 Å². The minimum absolute atomic E-state index is 0.0112. The third-order valence-electron chi connectivity index (χ3n) is 2.83. The van der Waals surface area contributed by atoms with Crippen LogP contribution in [0.2, 0.25) is 10.0 Å². The first-order valence-electron chi connectivity index (χ1n) is 5.56. The van der Waals surface area contributed by atoms with Crippen LogP contribution in [0.25, 0.3) is 0 Å². The SMILES string of the molecule is CC(C)(CN)CCS(=O)(=O)c1cc(Cl)ccc1Cl. The lowest BCUT2D eigenvalue weighted by Crippen LogP contribution is -2.26. The van der Waals surface area contributed by atoms with Crippen molar-refractivity contribution in [1.82, 2.24) is 0 Å². The van der Waals surface area contributed by atoms with Crippen LogP contribution in [0, 0.1) is 5.41 Å². The summed E-state index contributed by atoms with van der Waals surface area (Å²) in [5.74, 6) is 0.0112. The van der Waals surface area contributed by atoms with E-state index >= 15 is 0 Å². The molecule has 0 bridgehead atoms. The van der Waals surface area contributed by atoms with Gasteiger partial charge in [0, 0.05) is 5.02 Å². The molecule has 1 rings (SSSR count). The van der Waals surface area contributed by atoms with Gasteiger partial charge in [-0.2, -0.15) is 0 Å². The second-order valence-electron chi connectivity index (χ2n) is 5.01. The Bertz CT molecular complexity index is 527. The molecule has 102 valence electrons. The molecule has 2 N–H and O–H groups in total. The third-order valence-corrected chi connectivity index (χ3v) is 5.25. The molecule has 1 aromatic rings. The van der Waals surface area contributed by atoms with Gasteiger partial charge in [0.1, 0.15) is 0 Å². The topological polar surface area (TPSA) is 60.2 Å². The van der Waals surface area contributed by atoms with E-state index in [9.17, 15) is 8.42 Å². The number of halogens is 2. The van der Waals surface area contributed by atoms with E-state index in [0.717, 1.165) is 0 Å². The minimum Gasteiger partial charge on any atom is -0.330 e. The van der Waals surface area contributed by atoms with E-state index in [1.165, 1.54) is 12.1 Å². The van der Waals surface area contributed by atoms with Crippen molar-refractivity contribution >= 4 is 33.0 Å². The summed E-state index contributed by atoms with van der Waals surface area (Å²) in [5, 5.41) is 0.556. The van der Waals surface area contributed by atoms with Crippen molar-refractivity contribution in [3.8, 4) is 0 Å². The number of hydrogen-bond acceptors (Lipinski definition) is 3. The summed E-state index contributed by atoms with van der Waals surface area (Å²) in [6.07, 6.45) is 0.481. The molecule has 3 nitrogen and oxygen atoms in total. The van der Waals surface area contributed by atoms with Crippen molar-refractivity contribution in [3.05, 3.63) is 28.2 Å². The van der Waals surface area contributed by atoms with Crippen LogP contribution in [-0.2, 0) is 9.84 Å². The number of hydrogen-bond donors (Lipinski definition) is 1. The third kappa shape index (κ3) is 4.12. The summed E-state index contributed by atoms with van der Waals surface area (Å²) in [4.78, 5) is 0.0875. The summed E-state index contributed by atoms with van der Waals surface area (Å²) in [6, 6.07) is 4.44. The molecule has 0 unspecified atom stereocenters. The molecule has 0 radical (unpaired) electrons. The average Bonchev–Trinajstić information content (AvgIpc) is 2.30. The van der Waals surface area contributed by atoms with E-state index in [2.05, 4.69) is 0 Å². The Hall–Kier alpha value is -0.290. The van der Waals surface area contributed by atoms with Gasteiger partial charge in [0.2, 0.25) is 0 Å². The van der Waals surface area contributed by atoms with Crippen molar-refractivity contribution < 1.29 is 8.42 Å². The molecular formula is C12H17Cl2NO2S. The molecule has 0 saturated heterocycles. The predicted molar refractivity (Wildman–Crippen MR) is 76.0 cm³/mol. The van der Waals surface area contributed by atoms with Crippen LogP contribution >= 0.6 is 23.2 Å². The highest BCUT2D eigenvalue weighted by atomic mass is 35.5. The molecule has 18 heavy (non-hydrogen) atoms. The van der Waals surface area contributed by atoms with E-state index < -0.39 is 9.84 Å². The quantitative estimate of drug-likeness (QED) is 0.909. The molecule has 0 amide bonds. The first kappa shape index (κ1) is 15.8. The Morgan fingerprint density at radius 3 is 2.44 bits per heavy atom. The zero-order valence-electron chi connectivity index (χ0n) is 10.4. The monoisotopic (exact) mass is 309 g/mol. The second kappa shape index (κ2) is 5.78. The van der Waals surface area contributed by atoms with Crippen LogP contribution in [0.15, 0.2) is 23.1 Å². The molecule has 0 heterocycles. The summed E-state index contributed by atoms with van der Waals surface area (Å²) in [5.41, 5.74) is 5.38. The normalized spacial score (nSPS) is 12.7. The van der Waals surface area contributed by atoms with Crippen LogP contribution in [0.3, 0.4) is 0 Å². The lowest BCUT2D eigenvalue weighted by Gasteiger charge is -2.22. The Balaban J connectivity index is 2.97. The molecule has 0 aromatic heterocycles. The Morgan fingerprint density at radius 2 is 1.89 bits per heavy atom. The van der Waals surface area contributed by atoms with Gasteiger partial charge < -0.3 is 5.73 Å². The zero-order valence-corrected chi connectivity index (χ0v) is 12.7. The fourth-order valence-corrected chi connectivity index (χ4v) is 3.76. The van der Waals surface area contributed by atoms with Gasteiger partial charge >= 0.3 is 0 Å². The first-order chi connectivity index (χ1) is 8.18. The molecule has 6 heteroatoms. The predicted octanol–water partition coefficient (Wildman–Crippen LogP) is 3.14. The highest BCUT2D eigenvalue weighted by molar-refractivity contribution is 7.91. The van der Waals surface area contributed by atoms with Gasteiger partial charge in [-0.3, -0.25) is 0 Å². The van der Waals surface area contributed by atoms with E-state index in [0.29, 0.717) is 18.0 Å². The molecule has 0 fully saturated rings. The maximum absolute atomic E-state index is 12.2. The smallest absolute Gasteiger partial charge is 0.179 e. The molecule has 0 atom stereocenters. The standard InChI is InChI=1S/C12H17Cl2NO2S/c1-12(2,8-15)5-6-18(16,17)11-7-9(13)3-4-10(11)14/h3-4,7H,5-6,8,15H2,1-2H3. The van der Waals surface area contributed by atoms with Gasteiger partial charge in [0.15, 0.2) is 9.84 Å². The Labute approximate surface area is 118 Å². The number of sulfone groups is 1. The summed E-state index contributed by atoms with van der Waals surface area (Å²) in [6.45, 7) is 4.30. The van der Waals surface area contributed by atoms with E-state index in [4.69, 9.17) is 28.9 Å². The van der Waals surface area contributed by atoms with E-state index in [1.54, 1.807) is 6.07 Å². The fraction of sp³-hybridized carbons (Fsp3) is 0.500. The van der Waals surface area contributed by atoms with E-state index in [-0.39, 0.29) is 21.1 Å². The molecule has 0 aliphatic carbocycles. The second-order valence-corrected chi connectivity index (χ2v) is 7.93. The van der Waals surface area contributed by atoms with Crippen molar-refractivity contribution in [3.63, 3.8) is 0 Å².